The van der Waals surface area contributed by atoms with Crippen LogP contribution >= 0.6 is 0 Å². The van der Waals surface area contributed by atoms with Crippen LogP contribution in [-0.2, 0) is 9.53 Å². The molecule has 0 heterocycles. The lowest BCUT2D eigenvalue weighted by Gasteiger charge is -2.15. The van der Waals surface area contributed by atoms with Gasteiger partial charge in [-0.3, -0.25) is 4.79 Å². The van der Waals surface area contributed by atoms with Crippen molar-refractivity contribution in [2.24, 2.45) is 0 Å². The van der Waals surface area contributed by atoms with Crippen molar-refractivity contribution in [3.8, 4) is 0 Å². The molecule has 1 unspecified atom stereocenters. The zero-order valence-electron chi connectivity index (χ0n) is 7.91. The summed E-state index contributed by atoms with van der Waals surface area (Å²) >= 11 is 0. The first kappa shape index (κ1) is 11.7. The van der Waals surface area contributed by atoms with Gasteiger partial charge in [0.25, 0.3) is 5.78 Å². The van der Waals surface area contributed by atoms with E-state index in [0.29, 0.717) is 0 Å². The maximum atomic E-state index is 12.1. The van der Waals surface area contributed by atoms with Crippen molar-refractivity contribution < 1.29 is 22.7 Å². The van der Waals surface area contributed by atoms with Gasteiger partial charge in [0, 0.05) is 7.11 Å². The Bertz CT molecular complexity index is 332. The fraction of sp³-hybridized carbons (Fsp3) is 0.300. The number of hydrogen-bond donors (Lipinski definition) is 0. The van der Waals surface area contributed by atoms with Crippen LogP contribution in [0.2, 0.25) is 0 Å². The van der Waals surface area contributed by atoms with Crippen LogP contribution in [0.5, 0.6) is 0 Å². The molecule has 0 saturated heterocycles. The van der Waals surface area contributed by atoms with Crippen molar-refractivity contribution in [1.82, 2.24) is 0 Å². The molecule has 0 N–H and O–H groups in total. The first-order valence-corrected chi connectivity index (χ1v) is 4.15. The molecule has 0 amide bonds. The number of carbonyl (C=O) groups excluding carboxylic acids is 1. The standard InChI is InChI=1S/C10H9F3O2/c1-15-8(9(14)10(11,12)13)7-5-3-2-4-6-7/h2-6,8H,1H3. The Labute approximate surface area is 84.7 Å². The molecule has 0 aliphatic carbocycles. The van der Waals surface area contributed by atoms with Gasteiger partial charge in [-0.2, -0.15) is 13.2 Å². The number of methoxy groups -OCH3 is 1. The highest BCUT2D eigenvalue weighted by Gasteiger charge is 2.44. The Morgan fingerprint density at radius 3 is 2.20 bits per heavy atom. The lowest BCUT2D eigenvalue weighted by atomic mass is 10.1. The minimum atomic E-state index is -4.88. The number of ether oxygens (including phenoxy) is 1. The highest BCUT2D eigenvalue weighted by Crippen LogP contribution is 2.27. The van der Waals surface area contributed by atoms with Gasteiger partial charge in [0.05, 0.1) is 0 Å². The summed E-state index contributed by atoms with van der Waals surface area (Å²) in [6.07, 6.45) is -6.46. The fourth-order valence-corrected chi connectivity index (χ4v) is 1.17. The number of carbonyl (C=O) groups is 1. The summed E-state index contributed by atoms with van der Waals surface area (Å²) in [4.78, 5) is 10.9. The Hall–Kier alpha value is -1.36. The molecule has 5 heteroatoms. The van der Waals surface area contributed by atoms with Crippen molar-refractivity contribution in [3.63, 3.8) is 0 Å². The van der Waals surface area contributed by atoms with Gasteiger partial charge in [-0.15, -0.1) is 0 Å². The molecule has 0 radical (unpaired) electrons. The van der Waals surface area contributed by atoms with E-state index in [0.717, 1.165) is 7.11 Å². The molecule has 1 atom stereocenters. The molecule has 0 aromatic heterocycles. The van der Waals surface area contributed by atoms with Gasteiger partial charge in [0.2, 0.25) is 0 Å². The van der Waals surface area contributed by atoms with Gasteiger partial charge in [-0.1, -0.05) is 30.3 Å². The van der Waals surface area contributed by atoms with Gasteiger partial charge >= 0.3 is 6.18 Å². The normalized spacial score (nSPS) is 13.6. The average molecular weight is 218 g/mol. The quantitative estimate of drug-likeness (QED) is 0.779. The summed E-state index contributed by atoms with van der Waals surface area (Å²) in [7, 11) is 1.07. The van der Waals surface area contributed by atoms with E-state index in [-0.39, 0.29) is 5.56 Å². The lowest BCUT2D eigenvalue weighted by molar-refractivity contribution is -0.181. The van der Waals surface area contributed by atoms with Gasteiger partial charge < -0.3 is 4.74 Å². The number of benzene rings is 1. The average Bonchev–Trinajstić information content (AvgIpc) is 2.19. The fourth-order valence-electron chi connectivity index (χ4n) is 1.17. The second-order valence-electron chi connectivity index (χ2n) is 2.89. The van der Waals surface area contributed by atoms with Crippen molar-refractivity contribution in [1.29, 1.82) is 0 Å². The maximum absolute atomic E-state index is 12.1. The predicted octanol–water partition coefficient (Wildman–Crippen LogP) is 2.51. The Balaban J connectivity index is 2.96. The summed E-state index contributed by atoms with van der Waals surface area (Å²) in [5.41, 5.74) is 0.197. The van der Waals surface area contributed by atoms with Crippen LogP contribution in [0.3, 0.4) is 0 Å². The summed E-state index contributed by atoms with van der Waals surface area (Å²) < 4.78 is 41.0. The number of ketones is 1. The van der Waals surface area contributed by atoms with Crippen LogP contribution < -0.4 is 0 Å². The van der Waals surface area contributed by atoms with E-state index < -0.39 is 18.1 Å². The van der Waals surface area contributed by atoms with Crippen LogP contribution in [-0.4, -0.2) is 19.1 Å². The SMILES string of the molecule is COC(C(=O)C(F)(F)F)c1ccccc1. The molecule has 1 rings (SSSR count). The molecular formula is C10H9F3O2. The first-order valence-electron chi connectivity index (χ1n) is 4.15. The van der Waals surface area contributed by atoms with Crippen molar-refractivity contribution in [2.45, 2.75) is 12.3 Å². The molecule has 0 bridgehead atoms. The first-order chi connectivity index (χ1) is 6.96. The van der Waals surface area contributed by atoms with Crippen LogP contribution in [0.1, 0.15) is 11.7 Å². The zero-order valence-corrected chi connectivity index (χ0v) is 7.91. The minimum Gasteiger partial charge on any atom is -0.369 e. The van der Waals surface area contributed by atoms with E-state index in [4.69, 9.17) is 0 Å². The number of rotatable bonds is 3. The molecule has 82 valence electrons. The van der Waals surface area contributed by atoms with Crippen LogP contribution in [0, 0.1) is 0 Å². The maximum Gasteiger partial charge on any atom is 0.453 e. The predicted molar refractivity (Wildman–Crippen MR) is 47.3 cm³/mol. The zero-order chi connectivity index (χ0) is 11.5. The van der Waals surface area contributed by atoms with Crippen molar-refractivity contribution >= 4 is 5.78 Å². The molecule has 0 aliphatic rings. The second-order valence-corrected chi connectivity index (χ2v) is 2.89. The number of halogens is 3. The Morgan fingerprint density at radius 1 is 1.27 bits per heavy atom. The van der Waals surface area contributed by atoms with E-state index in [1.165, 1.54) is 12.1 Å². The molecule has 0 aliphatic heterocycles. The highest BCUT2D eigenvalue weighted by atomic mass is 19.4. The third kappa shape index (κ3) is 2.79. The topological polar surface area (TPSA) is 26.3 Å². The van der Waals surface area contributed by atoms with Crippen molar-refractivity contribution in [2.75, 3.05) is 7.11 Å². The second kappa shape index (κ2) is 4.44. The molecular weight excluding hydrogens is 209 g/mol. The Morgan fingerprint density at radius 2 is 1.80 bits per heavy atom. The number of Topliss-reactive ketones (excluding diaryl/α,β-unsaturated/α-hetero) is 1. The molecule has 2 nitrogen and oxygen atoms in total. The largest absolute Gasteiger partial charge is 0.453 e. The molecule has 15 heavy (non-hydrogen) atoms. The number of hydrogen-bond acceptors (Lipinski definition) is 2. The molecule has 1 aromatic carbocycles. The molecule has 0 spiro atoms. The van der Waals surface area contributed by atoms with Gasteiger partial charge in [0.1, 0.15) is 6.10 Å². The van der Waals surface area contributed by atoms with E-state index in [2.05, 4.69) is 4.74 Å². The van der Waals surface area contributed by atoms with E-state index in [1.54, 1.807) is 18.2 Å². The minimum absolute atomic E-state index is 0.197. The third-order valence-electron chi connectivity index (χ3n) is 1.86. The monoisotopic (exact) mass is 218 g/mol. The summed E-state index contributed by atoms with van der Waals surface area (Å²) in [6, 6.07) is 7.57. The summed E-state index contributed by atoms with van der Waals surface area (Å²) in [5, 5.41) is 0. The number of alkyl halides is 3. The molecule has 1 aromatic rings. The van der Waals surface area contributed by atoms with Gasteiger partial charge in [-0.05, 0) is 5.56 Å². The Kier molecular flexibility index (Phi) is 3.47. The van der Waals surface area contributed by atoms with Crippen LogP contribution in [0.15, 0.2) is 30.3 Å². The van der Waals surface area contributed by atoms with E-state index in [9.17, 15) is 18.0 Å². The molecule has 0 saturated carbocycles. The summed E-state index contributed by atoms with van der Waals surface area (Å²) in [6.45, 7) is 0. The third-order valence-corrected chi connectivity index (χ3v) is 1.86. The van der Waals surface area contributed by atoms with E-state index >= 15 is 0 Å². The smallest absolute Gasteiger partial charge is 0.369 e. The van der Waals surface area contributed by atoms with Gasteiger partial charge in [0.15, 0.2) is 0 Å². The lowest BCUT2D eigenvalue weighted by Crippen LogP contribution is -2.30. The highest BCUT2D eigenvalue weighted by molar-refractivity contribution is 5.89. The van der Waals surface area contributed by atoms with E-state index in [1.807, 2.05) is 0 Å². The van der Waals surface area contributed by atoms with Crippen molar-refractivity contribution in [3.05, 3.63) is 35.9 Å². The summed E-state index contributed by atoms with van der Waals surface area (Å²) in [5.74, 6) is -1.89. The molecule has 0 fully saturated rings. The van der Waals surface area contributed by atoms with Crippen LogP contribution in [0.25, 0.3) is 0 Å². The van der Waals surface area contributed by atoms with Gasteiger partial charge in [-0.25, -0.2) is 0 Å². The van der Waals surface area contributed by atoms with Crippen LogP contribution in [0.4, 0.5) is 13.2 Å².